The summed E-state index contributed by atoms with van der Waals surface area (Å²) in [6.07, 6.45) is 2.81. The van der Waals surface area contributed by atoms with E-state index in [4.69, 9.17) is 4.42 Å². The molecule has 0 spiro atoms. The molecule has 1 aromatic carbocycles. The predicted molar refractivity (Wildman–Crippen MR) is 96.9 cm³/mol. The van der Waals surface area contributed by atoms with E-state index >= 15 is 0 Å². The van der Waals surface area contributed by atoms with Crippen LogP contribution in [0.3, 0.4) is 0 Å². The minimum atomic E-state index is -3.63. The van der Waals surface area contributed by atoms with E-state index in [1.165, 1.54) is 10.6 Å². The molecule has 0 radical (unpaired) electrons. The zero-order valence-corrected chi connectivity index (χ0v) is 15.4. The number of hydrogen-bond acceptors (Lipinski definition) is 5. The van der Waals surface area contributed by atoms with Gasteiger partial charge in [-0.3, -0.25) is 9.59 Å². The number of furan rings is 1. The second kappa shape index (κ2) is 8.36. The number of amides is 2. The van der Waals surface area contributed by atoms with Gasteiger partial charge in [0.2, 0.25) is 10.0 Å². The SMILES string of the molecule is O=C(NCc1ccco1)C(=O)NCC1CCCN1S(=O)(=O)c1ccccc1. The Morgan fingerprint density at radius 2 is 1.81 bits per heavy atom. The molecule has 8 nitrogen and oxygen atoms in total. The van der Waals surface area contributed by atoms with Gasteiger partial charge in [-0.05, 0) is 37.1 Å². The van der Waals surface area contributed by atoms with Crippen molar-refractivity contribution in [3.05, 3.63) is 54.5 Å². The summed E-state index contributed by atoms with van der Waals surface area (Å²) in [6, 6.07) is 11.2. The molecule has 2 amide bonds. The van der Waals surface area contributed by atoms with Gasteiger partial charge in [0, 0.05) is 19.1 Å². The van der Waals surface area contributed by atoms with Crippen LogP contribution in [0.1, 0.15) is 18.6 Å². The van der Waals surface area contributed by atoms with Crippen molar-refractivity contribution in [2.45, 2.75) is 30.3 Å². The molecule has 1 aliphatic rings. The zero-order chi connectivity index (χ0) is 19.3. The van der Waals surface area contributed by atoms with Crippen LogP contribution in [0.15, 0.2) is 58.0 Å². The quantitative estimate of drug-likeness (QED) is 0.710. The van der Waals surface area contributed by atoms with Crippen LogP contribution in [0.2, 0.25) is 0 Å². The average molecular weight is 391 g/mol. The molecule has 1 atom stereocenters. The van der Waals surface area contributed by atoms with Crippen molar-refractivity contribution in [1.29, 1.82) is 0 Å². The van der Waals surface area contributed by atoms with Crippen LogP contribution in [0.5, 0.6) is 0 Å². The summed E-state index contributed by atoms with van der Waals surface area (Å²) in [6.45, 7) is 0.582. The Morgan fingerprint density at radius 3 is 2.52 bits per heavy atom. The van der Waals surface area contributed by atoms with Crippen LogP contribution < -0.4 is 10.6 Å². The first-order chi connectivity index (χ1) is 13.0. The van der Waals surface area contributed by atoms with Crippen molar-refractivity contribution < 1.29 is 22.4 Å². The monoisotopic (exact) mass is 391 g/mol. The van der Waals surface area contributed by atoms with Gasteiger partial charge in [-0.25, -0.2) is 8.42 Å². The van der Waals surface area contributed by atoms with E-state index in [-0.39, 0.29) is 24.0 Å². The number of nitrogens with one attached hydrogen (secondary N) is 2. The molecule has 2 aromatic rings. The van der Waals surface area contributed by atoms with Gasteiger partial charge in [-0.15, -0.1) is 0 Å². The fourth-order valence-electron chi connectivity index (χ4n) is 3.01. The number of sulfonamides is 1. The van der Waals surface area contributed by atoms with Gasteiger partial charge < -0.3 is 15.1 Å². The Balaban J connectivity index is 1.55. The van der Waals surface area contributed by atoms with Gasteiger partial charge >= 0.3 is 11.8 Å². The van der Waals surface area contributed by atoms with E-state index in [2.05, 4.69) is 10.6 Å². The normalized spacial score (nSPS) is 17.6. The van der Waals surface area contributed by atoms with E-state index < -0.39 is 21.8 Å². The molecule has 9 heteroatoms. The van der Waals surface area contributed by atoms with Gasteiger partial charge in [-0.1, -0.05) is 18.2 Å². The average Bonchev–Trinajstić information content (AvgIpc) is 3.36. The first-order valence-corrected chi connectivity index (χ1v) is 10.1. The minimum absolute atomic E-state index is 0.0824. The van der Waals surface area contributed by atoms with Crippen LogP contribution in [-0.2, 0) is 26.2 Å². The molecular formula is C18H21N3O5S. The summed E-state index contributed by atoms with van der Waals surface area (Å²) in [5.41, 5.74) is 0. The van der Waals surface area contributed by atoms with E-state index in [1.54, 1.807) is 42.5 Å². The van der Waals surface area contributed by atoms with Crippen LogP contribution in [-0.4, -0.2) is 43.7 Å². The molecule has 1 fully saturated rings. The molecule has 3 rings (SSSR count). The summed E-state index contributed by atoms with van der Waals surface area (Å²) < 4.78 is 32.0. The maximum absolute atomic E-state index is 12.8. The van der Waals surface area contributed by atoms with Crippen molar-refractivity contribution in [2.24, 2.45) is 0 Å². The number of hydrogen-bond donors (Lipinski definition) is 2. The second-order valence-electron chi connectivity index (χ2n) is 6.20. The number of nitrogens with zero attached hydrogens (tertiary/aromatic N) is 1. The third kappa shape index (κ3) is 4.55. The zero-order valence-electron chi connectivity index (χ0n) is 14.6. The standard InChI is InChI=1S/C18H21N3O5S/c22-17(18(23)20-13-15-7-5-11-26-15)19-12-14-6-4-10-21(14)27(24,25)16-8-2-1-3-9-16/h1-3,5,7-9,11,14H,4,6,10,12-13H2,(H,19,22)(H,20,23). The smallest absolute Gasteiger partial charge is 0.309 e. The van der Waals surface area contributed by atoms with Crippen molar-refractivity contribution in [2.75, 3.05) is 13.1 Å². The van der Waals surface area contributed by atoms with Gasteiger partial charge in [0.25, 0.3) is 0 Å². The maximum atomic E-state index is 12.8. The van der Waals surface area contributed by atoms with Crippen LogP contribution >= 0.6 is 0 Å². The largest absolute Gasteiger partial charge is 0.467 e. The van der Waals surface area contributed by atoms with Gasteiger partial charge in [-0.2, -0.15) is 4.31 Å². The molecule has 27 heavy (non-hydrogen) atoms. The Bertz CT molecular complexity index is 881. The molecule has 1 saturated heterocycles. The molecule has 0 bridgehead atoms. The Labute approximate surface area is 157 Å². The van der Waals surface area contributed by atoms with Crippen LogP contribution in [0.4, 0.5) is 0 Å². The lowest BCUT2D eigenvalue weighted by molar-refractivity contribution is -0.139. The molecule has 0 aliphatic carbocycles. The molecule has 0 saturated carbocycles. The summed E-state index contributed by atoms with van der Waals surface area (Å²) >= 11 is 0. The number of benzene rings is 1. The Morgan fingerprint density at radius 1 is 1.07 bits per heavy atom. The third-order valence-electron chi connectivity index (χ3n) is 4.38. The molecule has 144 valence electrons. The highest BCUT2D eigenvalue weighted by molar-refractivity contribution is 7.89. The van der Waals surface area contributed by atoms with Crippen molar-refractivity contribution >= 4 is 21.8 Å². The summed E-state index contributed by atoms with van der Waals surface area (Å²) in [5.74, 6) is -1.06. The highest BCUT2D eigenvalue weighted by Gasteiger charge is 2.35. The van der Waals surface area contributed by atoms with E-state index in [0.717, 1.165) is 0 Å². The van der Waals surface area contributed by atoms with E-state index in [9.17, 15) is 18.0 Å². The van der Waals surface area contributed by atoms with Crippen molar-refractivity contribution in [3.8, 4) is 0 Å². The highest BCUT2D eigenvalue weighted by atomic mass is 32.2. The maximum Gasteiger partial charge on any atom is 0.309 e. The first kappa shape index (κ1) is 19.1. The first-order valence-electron chi connectivity index (χ1n) is 8.64. The van der Waals surface area contributed by atoms with E-state index in [1.807, 2.05) is 0 Å². The molecular weight excluding hydrogens is 370 g/mol. The Kier molecular flexibility index (Phi) is 5.92. The summed E-state index contributed by atoms with van der Waals surface area (Å²) in [4.78, 5) is 24.0. The van der Waals surface area contributed by atoms with Gasteiger partial charge in [0.05, 0.1) is 17.7 Å². The predicted octanol–water partition coefficient (Wildman–Crippen LogP) is 0.865. The van der Waals surface area contributed by atoms with Gasteiger partial charge in [0.15, 0.2) is 0 Å². The fourth-order valence-corrected chi connectivity index (χ4v) is 4.72. The molecule has 1 aliphatic heterocycles. The molecule has 1 unspecified atom stereocenters. The number of rotatable bonds is 6. The fraction of sp³-hybridized carbons (Fsp3) is 0.333. The lowest BCUT2D eigenvalue weighted by Gasteiger charge is -2.24. The molecule has 2 N–H and O–H groups in total. The van der Waals surface area contributed by atoms with Crippen molar-refractivity contribution in [3.63, 3.8) is 0 Å². The second-order valence-corrected chi connectivity index (χ2v) is 8.09. The molecule has 1 aromatic heterocycles. The summed E-state index contributed by atoms with van der Waals surface area (Å²) in [5, 5.41) is 4.97. The minimum Gasteiger partial charge on any atom is -0.467 e. The van der Waals surface area contributed by atoms with E-state index in [0.29, 0.717) is 25.1 Å². The van der Waals surface area contributed by atoms with Gasteiger partial charge in [0.1, 0.15) is 5.76 Å². The third-order valence-corrected chi connectivity index (χ3v) is 6.35. The molecule has 2 heterocycles. The summed E-state index contributed by atoms with van der Waals surface area (Å²) in [7, 11) is -3.63. The van der Waals surface area contributed by atoms with Crippen LogP contribution in [0.25, 0.3) is 0 Å². The van der Waals surface area contributed by atoms with Crippen molar-refractivity contribution in [1.82, 2.24) is 14.9 Å². The highest BCUT2D eigenvalue weighted by Crippen LogP contribution is 2.25. The topological polar surface area (TPSA) is 109 Å². The number of carbonyl (C=O) groups is 2. The lowest BCUT2D eigenvalue weighted by atomic mass is 10.2. The van der Waals surface area contributed by atoms with Crippen LogP contribution in [0, 0.1) is 0 Å². The Hall–Kier alpha value is -2.65. The lowest BCUT2D eigenvalue weighted by Crippen LogP contribution is -2.46. The number of carbonyl (C=O) groups excluding carboxylic acids is 2.